The average Bonchev–Trinajstić information content (AvgIpc) is 2.87. The fraction of sp³-hybridized carbons (Fsp3) is 0.500. The first-order chi connectivity index (χ1) is 8.55. The van der Waals surface area contributed by atoms with Crippen LogP contribution < -0.4 is 15.4 Å². The summed E-state index contributed by atoms with van der Waals surface area (Å²) in [4.78, 5) is 2.38. The summed E-state index contributed by atoms with van der Waals surface area (Å²) in [5, 5.41) is 8.65. The van der Waals surface area contributed by atoms with Crippen LogP contribution in [0.4, 0.5) is 5.69 Å². The number of para-hydroxylation sites is 1. The lowest BCUT2D eigenvalue weighted by atomic mass is 10.0. The predicted octanol–water partition coefficient (Wildman–Crippen LogP) is -0.0104. The summed E-state index contributed by atoms with van der Waals surface area (Å²) in [5.74, 6) is 1.25. The second-order valence-corrected chi connectivity index (χ2v) is 6.63. The second kappa shape index (κ2) is 4.22. The molecule has 2 aliphatic heterocycles. The van der Waals surface area contributed by atoms with Crippen molar-refractivity contribution in [3.8, 4) is 0 Å². The van der Waals surface area contributed by atoms with Crippen molar-refractivity contribution in [2.24, 2.45) is 17.0 Å². The molecule has 0 radical (unpaired) electrons. The van der Waals surface area contributed by atoms with Gasteiger partial charge < -0.3 is 10.2 Å². The van der Waals surface area contributed by atoms with Gasteiger partial charge in [0.2, 0.25) is 10.0 Å². The Labute approximate surface area is 107 Å². The van der Waals surface area contributed by atoms with Crippen molar-refractivity contribution in [1.29, 1.82) is 0 Å². The normalized spacial score (nSPS) is 27.5. The van der Waals surface area contributed by atoms with Crippen LogP contribution >= 0.6 is 0 Å². The maximum atomic E-state index is 11.6. The zero-order chi connectivity index (χ0) is 12.8. The predicted molar refractivity (Wildman–Crippen MR) is 69.9 cm³/mol. The van der Waals surface area contributed by atoms with Gasteiger partial charge in [0.25, 0.3) is 0 Å². The van der Waals surface area contributed by atoms with E-state index in [1.807, 2.05) is 12.1 Å². The molecule has 0 bridgehead atoms. The molecule has 1 aromatic carbocycles. The van der Waals surface area contributed by atoms with Crippen molar-refractivity contribution >= 4 is 15.7 Å². The van der Waals surface area contributed by atoms with Gasteiger partial charge in [-0.2, -0.15) is 0 Å². The molecule has 6 heteroatoms. The zero-order valence-corrected chi connectivity index (χ0v) is 10.9. The molecule has 2 aliphatic rings. The molecule has 0 aliphatic carbocycles. The van der Waals surface area contributed by atoms with Crippen LogP contribution in [0, 0.1) is 11.8 Å². The van der Waals surface area contributed by atoms with E-state index in [9.17, 15) is 8.42 Å². The molecule has 2 fully saturated rings. The number of fused-ring (bicyclic) bond motifs is 1. The van der Waals surface area contributed by atoms with Crippen LogP contribution in [-0.4, -0.2) is 34.6 Å². The van der Waals surface area contributed by atoms with E-state index in [2.05, 4.69) is 10.2 Å². The highest BCUT2D eigenvalue weighted by Gasteiger charge is 2.37. The number of hydrogen-bond donors (Lipinski definition) is 2. The maximum Gasteiger partial charge on any atom is 0.240 e. The molecular weight excluding hydrogens is 250 g/mol. The molecule has 0 spiro atoms. The average molecular weight is 267 g/mol. The smallest absolute Gasteiger partial charge is 0.240 e. The van der Waals surface area contributed by atoms with Crippen molar-refractivity contribution in [1.82, 2.24) is 5.32 Å². The molecule has 2 heterocycles. The monoisotopic (exact) mass is 267 g/mol. The Hall–Kier alpha value is -1.11. The number of nitrogens with two attached hydrogens (primary N) is 1. The lowest BCUT2D eigenvalue weighted by molar-refractivity contribution is 0.533. The van der Waals surface area contributed by atoms with Gasteiger partial charge in [0.15, 0.2) is 0 Å². The van der Waals surface area contributed by atoms with E-state index >= 15 is 0 Å². The number of hydrogen-bond acceptors (Lipinski definition) is 4. The van der Waals surface area contributed by atoms with Crippen molar-refractivity contribution in [2.45, 2.75) is 4.90 Å². The third-order valence-corrected chi connectivity index (χ3v) is 4.86. The van der Waals surface area contributed by atoms with Gasteiger partial charge in [-0.15, -0.1) is 0 Å². The molecule has 5 nitrogen and oxygen atoms in total. The first-order valence-corrected chi connectivity index (χ1v) is 7.68. The number of rotatable bonds is 2. The Balaban J connectivity index is 1.94. The largest absolute Gasteiger partial charge is 0.370 e. The molecule has 0 aromatic heterocycles. The van der Waals surface area contributed by atoms with Gasteiger partial charge >= 0.3 is 0 Å². The molecule has 18 heavy (non-hydrogen) atoms. The Kier molecular flexibility index (Phi) is 2.80. The number of nitrogens with one attached hydrogen (secondary N) is 1. The van der Waals surface area contributed by atoms with Gasteiger partial charge in [-0.3, -0.25) is 0 Å². The van der Waals surface area contributed by atoms with E-state index in [0.29, 0.717) is 11.8 Å². The number of sulfonamides is 1. The highest BCUT2D eigenvalue weighted by atomic mass is 32.2. The lowest BCUT2D eigenvalue weighted by Crippen LogP contribution is -2.27. The minimum Gasteiger partial charge on any atom is -0.370 e. The Bertz CT molecular complexity index is 546. The zero-order valence-electron chi connectivity index (χ0n) is 10.0. The summed E-state index contributed by atoms with van der Waals surface area (Å²) in [6.45, 7) is 3.87. The summed E-state index contributed by atoms with van der Waals surface area (Å²) in [6, 6.07) is 6.99. The summed E-state index contributed by atoms with van der Waals surface area (Å²) >= 11 is 0. The fourth-order valence-electron chi connectivity index (χ4n) is 3.01. The quantitative estimate of drug-likeness (QED) is 0.790. The van der Waals surface area contributed by atoms with Crippen LogP contribution in [0.2, 0.25) is 0 Å². The summed E-state index contributed by atoms with van der Waals surface area (Å²) in [5.41, 5.74) is 0.745. The number of primary sulfonamides is 1. The number of anilines is 1. The summed E-state index contributed by atoms with van der Waals surface area (Å²) in [7, 11) is -3.65. The first kappa shape index (κ1) is 12.0. The van der Waals surface area contributed by atoms with Crippen LogP contribution in [-0.2, 0) is 10.0 Å². The van der Waals surface area contributed by atoms with E-state index in [-0.39, 0.29) is 4.90 Å². The SMILES string of the molecule is NS(=O)(=O)c1ccccc1N1CC2CNCC2C1. The summed E-state index contributed by atoms with van der Waals surface area (Å²) < 4.78 is 23.2. The van der Waals surface area contributed by atoms with Crippen molar-refractivity contribution in [2.75, 3.05) is 31.1 Å². The van der Waals surface area contributed by atoms with Crippen LogP contribution in [0.5, 0.6) is 0 Å². The minimum atomic E-state index is -3.65. The first-order valence-electron chi connectivity index (χ1n) is 6.13. The van der Waals surface area contributed by atoms with Gasteiger partial charge in [0.05, 0.1) is 5.69 Å². The Morgan fingerprint density at radius 1 is 1.17 bits per heavy atom. The molecule has 2 unspecified atom stereocenters. The van der Waals surface area contributed by atoms with Gasteiger partial charge in [-0.05, 0) is 24.0 Å². The van der Waals surface area contributed by atoms with E-state index in [0.717, 1.165) is 31.9 Å². The standard InChI is InChI=1S/C12H17N3O2S/c13-18(16,17)12-4-2-1-3-11(12)15-7-9-5-14-6-10(9)8-15/h1-4,9-10,14H,5-8H2,(H2,13,16,17). The van der Waals surface area contributed by atoms with E-state index in [1.54, 1.807) is 12.1 Å². The molecule has 1 aromatic rings. The number of nitrogens with zero attached hydrogens (tertiary/aromatic N) is 1. The van der Waals surface area contributed by atoms with E-state index in [1.165, 1.54) is 0 Å². The highest BCUT2D eigenvalue weighted by Crippen LogP contribution is 2.33. The van der Waals surface area contributed by atoms with Crippen LogP contribution in [0.1, 0.15) is 0 Å². The Morgan fingerprint density at radius 3 is 2.39 bits per heavy atom. The van der Waals surface area contributed by atoms with Gasteiger partial charge in [-0.25, -0.2) is 13.6 Å². The van der Waals surface area contributed by atoms with Gasteiger partial charge in [0, 0.05) is 26.2 Å². The molecule has 0 amide bonds. The third kappa shape index (κ3) is 2.00. The molecule has 2 atom stereocenters. The fourth-order valence-corrected chi connectivity index (χ4v) is 3.77. The van der Waals surface area contributed by atoms with Gasteiger partial charge in [0.1, 0.15) is 4.90 Å². The molecular formula is C12H17N3O2S. The van der Waals surface area contributed by atoms with Crippen molar-refractivity contribution in [3.63, 3.8) is 0 Å². The van der Waals surface area contributed by atoms with Crippen molar-refractivity contribution in [3.05, 3.63) is 24.3 Å². The molecule has 0 saturated carbocycles. The number of benzene rings is 1. The third-order valence-electron chi connectivity index (χ3n) is 3.90. The second-order valence-electron chi connectivity index (χ2n) is 5.10. The summed E-state index contributed by atoms with van der Waals surface area (Å²) in [6.07, 6.45) is 0. The van der Waals surface area contributed by atoms with Gasteiger partial charge in [-0.1, -0.05) is 12.1 Å². The van der Waals surface area contributed by atoms with E-state index < -0.39 is 10.0 Å². The maximum absolute atomic E-state index is 11.6. The molecule has 2 saturated heterocycles. The highest BCUT2D eigenvalue weighted by molar-refractivity contribution is 7.89. The minimum absolute atomic E-state index is 0.234. The van der Waals surface area contributed by atoms with E-state index in [4.69, 9.17) is 5.14 Å². The lowest BCUT2D eigenvalue weighted by Gasteiger charge is -2.22. The van der Waals surface area contributed by atoms with Crippen LogP contribution in [0.3, 0.4) is 0 Å². The van der Waals surface area contributed by atoms with Crippen LogP contribution in [0.25, 0.3) is 0 Å². The molecule has 98 valence electrons. The molecule has 3 rings (SSSR count). The van der Waals surface area contributed by atoms with Crippen molar-refractivity contribution < 1.29 is 8.42 Å². The van der Waals surface area contributed by atoms with Crippen LogP contribution in [0.15, 0.2) is 29.2 Å². The topological polar surface area (TPSA) is 75.4 Å². The molecule has 3 N–H and O–H groups in total. The Morgan fingerprint density at radius 2 is 1.78 bits per heavy atom.